The number of carbonyl (C=O) groups is 1. The lowest BCUT2D eigenvalue weighted by Gasteiger charge is -2.35. The van der Waals surface area contributed by atoms with Gasteiger partial charge in [0.2, 0.25) is 15.9 Å². The zero-order valence-electron chi connectivity index (χ0n) is 11.1. The average Bonchev–Trinajstić information content (AvgIpc) is 2.37. The number of piperazine rings is 1. The lowest BCUT2D eigenvalue weighted by molar-refractivity contribution is -0.133. The van der Waals surface area contributed by atoms with Crippen LogP contribution in [0.1, 0.15) is 26.7 Å². The molecule has 0 aromatic rings. The van der Waals surface area contributed by atoms with Crippen LogP contribution in [0.25, 0.3) is 0 Å². The van der Waals surface area contributed by atoms with Crippen molar-refractivity contribution in [3.05, 3.63) is 0 Å². The fraction of sp³-hybridized carbons (Fsp3) is 0.909. The molecule has 1 aliphatic heterocycles. The van der Waals surface area contributed by atoms with Crippen molar-refractivity contribution < 1.29 is 13.2 Å². The molecular weight excluding hydrogens is 254 g/mol. The van der Waals surface area contributed by atoms with Gasteiger partial charge in [-0.25, -0.2) is 8.42 Å². The molecule has 106 valence electrons. The van der Waals surface area contributed by atoms with E-state index in [9.17, 15) is 13.2 Å². The smallest absolute Gasteiger partial charge is 0.239 e. The normalized spacial score (nSPS) is 19.8. The molecule has 1 heterocycles. The molecule has 1 saturated heterocycles. The fourth-order valence-corrected chi connectivity index (χ4v) is 3.48. The summed E-state index contributed by atoms with van der Waals surface area (Å²) >= 11 is 0. The van der Waals surface area contributed by atoms with E-state index < -0.39 is 16.1 Å². The van der Waals surface area contributed by atoms with Gasteiger partial charge in [0, 0.05) is 26.2 Å². The third kappa shape index (κ3) is 3.66. The molecule has 0 bridgehead atoms. The summed E-state index contributed by atoms with van der Waals surface area (Å²) in [6, 6.07) is -0.469. The molecule has 7 heteroatoms. The molecule has 0 radical (unpaired) electrons. The number of sulfonamides is 1. The number of amides is 1. The van der Waals surface area contributed by atoms with Crippen LogP contribution in [-0.4, -0.2) is 61.5 Å². The number of rotatable bonds is 5. The topological polar surface area (TPSA) is 83.7 Å². The minimum absolute atomic E-state index is 0.0787. The van der Waals surface area contributed by atoms with Crippen molar-refractivity contribution >= 4 is 15.9 Å². The summed E-state index contributed by atoms with van der Waals surface area (Å²) in [7, 11) is -3.14. The Balaban J connectivity index is 2.54. The van der Waals surface area contributed by atoms with Crippen molar-refractivity contribution in [3.8, 4) is 0 Å². The zero-order chi connectivity index (χ0) is 13.8. The minimum Gasteiger partial charge on any atom is -0.339 e. The number of nitrogens with zero attached hydrogens (tertiary/aromatic N) is 2. The highest BCUT2D eigenvalue weighted by atomic mass is 32.2. The van der Waals surface area contributed by atoms with Gasteiger partial charge in [-0.05, 0) is 12.8 Å². The van der Waals surface area contributed by atoms with Crippen molar-refractivity contribution in [2.24, 2.45) is 5.73 Å². The maximum Gasteiger partial charge on any atom is 0.239 e. The van der Waals surface area contributed by atoms with Crippen molar-refractivity contribution in [3.63, 3.8) is 0 Å². The first-order valence-electron chi connectivity index (χ1n) is 6.44. The maximum atomic E-state index is 11.8. The van der Waals surface area contributed by atoms with Crippen LogP contribution in [-0.2, 0) is 14.8 Å². The Labute approximate surface area is 109 Å². The van der Waals surface area contributed by atoms with Crippen LogP contribution in [0.5, 0.6) is 0 Å². The Bertz CT molecular complexity index is 375. The summed E-state index contributed by atoms with van der Waals surface area (Å²) in [4.78, 5) is 13.5. The van der Waals surface area contributed by atoms with Crippen molar-refractivity contribution in [1.82, 2.24) is 9.21 Å². The molecule has 6 nitrogen and oxygen atoms in total. The summed E-state index contributed by atoms with van der Waals surface area (Å²) in [5.41, 5.74) is 5.69. The molecule has 1 atom stereocenters. The number of nitrogens with two attached hydrogens (primary N) is 1. The van der Waals surface area contributed by atoms with Crippen LogP contribution in [0.4, 0.5) is 0 Å². The fourth-order valence-electron chi connectivity index (χ4n) is 1.98. The lowest BCUT2D eigenvalue weighted by Crippen LogP contribution is -2.54. The maximum absolute atomic E-state index is 11.8. The third-order valence-electron chi connectivity index (χ3n) is 3.16. The van der Waals surface area contributed by atoms with Crippen LogP contribution in [0.15, 0.2) is 0 Å². The van der Waals surface area contributed by atoms with E-state index in [1.807, 2.05) is 13.8 Å². The van der Waals surface area contributed by atoms with Gasteiger partial charge in [0.25, 0.3) is 0 Å². The Kier molecular flexibility index (Phi) is 5.55. The first-order valence-corrected chi connectivity index (χ1v) is 8.05. The summed E-state index contributed by atoms with van der Waals surface area (Å²) in [5.74, 6) is 0.0973. The van der Waals surface area contributed by atoms with E-state index in [2.05, 4.69) is 0 Å². The second-order valence-corrected chi connectivity index (χ2v) is 6.64. The molecule has 0 aromatic carbocycles. The summed E-state index contributed by atoms with van der Waals surface area (Å²) in [5, 5.41) is 0. The number of hydrogen-bond donors (Lipinski definition) is 1. The third-order valence-corrected chi connectivity index (χ3v) is 5.24. The predicted molar refractivity (Wildman–Crippen MR) is 70.5 cm³/mol. The Morgan fingerprint density at radius 2 is 1.78 bits per heavy atom. The van der Waals surface area contributed by atoms with E-state index >= 15 is 0 Å². The quantitative estimate of drug-likeness (QED) is 0.741. The summed E-state index contributed by atoms with van der Waals surface area (Å²) in [6.07, 6.45) is 1.22. The standard InChI is InChI=1S/C11H23N3O3S/c1-3-9-18(16,17)14-7-5-13(6-8-14)11(15)10(12)4-2/h10H,3-9,12H2,1-2H3/t10-/m1/s1. The van der Waals surface area contributed by atoms with Gasteiger partial charge in [-0.1, -0.05) is 13.8 Å². The van der Waals surface area contributed by atoms with E-state index in [1.54, 1.807) is 4.90 Å². The van der Waals surface area contributed by atoms with Gasteiger partial charge in [0.15, 0.2) is 0 Å². The minimum atomic E-state index is -3.14. The number of hydrogen-bond acceptors (Lipinski definition) is 4. The highest BCUT2D eigenvalue weighted by Gasteiger charge is 2.29. The molecule has 1 rings (SSSR count). The lowest BCUT2D eigenvalue weighted by atomic mass is 10.2. The Morgan fingerprint density at radius 1 is 1.22 bits per heavy atom. The molecule has 0 unspecified atom stereocenters. The second-order valence-electron chi connectivity index (χ2n) is 4.56. The number of carbonyl (C=O) groups excluding carboxylic acids is 1. The molecule has 0 aliphatic carbocycles. The molecule has 0 saturated carbocycles. The molecule has 0 spiro atoms. The zero-order valence-corrected chi connectivity index (χ0v) is 11.9. The van der Waals surface area contributed by atoms with E-state index in [1.165, 1.54) is 4.31 Å². The molecule has 18 heavy (non-hydrogen) atoms. The molecule has 1 fully saturated rings. The predicted octanol–water partition coefficient (Wildman–Crippen LogP) is -0.392. The van der Waals surface area contributed by atoms with Gasteiger partial charge in [-0.15, -0.1) is 0 Å². The van der Waals surface area contributed by atoms with Gasteiger partial charge >= 0.3 is 0 Å². The van der Waals surface area contributed by atoms with E-state index in [-0.39, 0.29) is 11.7 Å². The molecule has 1 amide bonds. The van der Waals surface area contributed by atoms with Crippen LogP contribution in [0, 0.1) is 0 Å². The van der Waals surface area contributed by atoms with Gasteiger partial charge in [0.05, 0.1) is 11.8 Å². The van der Waals surface area contributed by atoms with Gasteiger partial charge in [0.1, 0.15) is 0 Å². The van der Waals surface area contributed by atoms with E-state index in [0.29, 0.717) is 39.0 Å². The highest BCUT2D eigenvalue weighted by Crippen LogP contribution is 2.10. The molecular formula is C11H23N3O3S. The van der Waals surface area contributed by atoms with Crippen LogP contribution in [0.2, 0.25) is 0 Å². The van der Waals surface area contributed by atoms with Gasteiger partial charge in [-0.3, -0.25) is 4.79 Å². The largest absolute Gasteiger partial charge is 0.339 e. The van der Waals surface area contributed by atoms with E-state index in [0.717, 1.165) is 0 Å². The van der Waals surface area contributed by atoms with Crippen LogP contribution >= 0.6 is 0 Å². The SMILES string of the molecule is CCCS(=O)(=O)N1CCN(C(=O)[C@H](N)CC)CC1. The van der Waals surface area contributed by atoms with Crippen molar-refractivity contribution in [1.29, 1.82) is 0 Å². The van der Waals surface area contributed by atoms with Crippen LogP contribution in [0.3, 0.4) is 0 Å². The summed E-state index contributed by atoms with van der Waals surface area (Å²) in [6.45, 7) is 5.35. The van der Waals surface area contributed by atoms with Crippen molar-refractivity contribution in [2.75, 3.05) is 31.9 Å². The molecule has 2 N–H and O–H groups in total. The van der Waals surface area contributed by atoms with Crippen molar-refractivity contribution in [2.45, 2.75) is 32.7 Å². The Hall–Kier alpha value is -0.660. The highest BCUT2D eigenvalue weighted by molar-refractivity contribution is 7.89. The van der Waals surface area contributed by atoms with E-state index in [4.69, 9.17) is 5.73 Å². The first kappa shape index (κ1) is 15.4. The molecule has 0 aromatic heterocycles. The van der Waals surface area contributed by atoms with Gasteiger partial charge in [-0.2, -0.15) is 4.31 Å². The first-order chi connectivity index (χ1) is 8.42. The Morgan fingerprint density at radius 3 is 2.22 bits per heavy atom. The monoisotopic (exact) mass is 277 g/mol. The van der Waals surface area contributed by atoms with Gasteiger partial charge < -0.3 is 10.6 Å². The second kappa shape index (κ2) is 6.49. The average molecular weight is 277 g/mol. The van der Waals surface area contributed by atoms with Crippen LogP contribution < -0.4 is 5.73 Å². The summed E-state index contributed by atoms with van der Waals surface area (Å²) < 4.78 is 25.2. The molecule has 1 aliphatic rings.